The smallest absolute Gasteiger partial charge is 0.133 e. The van der Waals surface area contributed by atoms with Crippen molar-refractivity contribution < 1.29 is 0 Å². The normalized spacial score (nSPS) is 10.7. The number of rotatable bonds is 1. The number of hydrogen-bond donors (Lipinski definition) is 1. The number of nitrogen functional groups attached to an aromatic ring is 1. The first-order valence-electron chi connectivity index (χ1n) is 5.51. The molecule has 2 heterocycles. The molecule has 0 unspecified atom stereocenters. The minimum absolute atomic E-state index is 0.482. The van der Waals surface area contributed by atoms with Gasteiger partial charge in [-0.25, -0.2) is 4.98 Å². The highest BCUT2D eigenvalue weighted by molar-refractivity contribution is 6.30. The lowest BCUT2D eigenvalue weighted by Crippen LogP contribution is -1.95. The van der Waals surface area contributed by atoms with Gasteiger partial charge in [0.2, 0.25) is 0 Å². The van der Waals surface area contributed by atoms with E-state index in [2.05, 4.69) is 9.97 Å². The van der Waals surface area contributed by atoms with E-state index in [-0.39, 0.29) is 0 Å². The average molecular weight is 256 g/mol. The SMILES string of the molecule is Nc1nc(-c2cccc(Cl)c2)cc2ncccc12. The number of nitrogens with two attached hydrogens (primary N) is 1. The second-order valence-corrected chi connectivity index (χ2v) is 4.41. The summed E-state index contributed by atoms with van der Waals surface area (Å²) in [6.07, 6.45) is 1.74. The summed E-state index contributed by atoms with van der Waals surface area (Å²) < 4.78 is 0. The van der Waals surface area contributed by atoms with Crippen LogP contribution in [0.3, 0.4) is 0 Å². The van der Waals surface area contributed by atoms with Gasteiger partial charge < -0.3 is 5.73 Å². The third-order valence-corrected chi connectivity index (χ3v) is 2.98. The van der Waals surface area contributed by atoms with E-state index in [1.807, 2.05) is 42.5 Å². The van der Waals surface area contributed by atoms with Crippen LogP contribution in [0.5, 0.6) is 0 Å². The Morgan fingerprint density at radius 3 is 2.78 bits per heavy atom. The Morgan fingerprint density at radius 2 is 1.94 bits per heavy atom. The minimum Gasteiger partial charge on any atom is -0.383 e. The van der Waals surface area contributed by atoms with Crippen molar-refractivity contribution >= 4 is 28.3 Å². The van der Waals surface area contributed by atoms with Crippen LogP contribution in [0, 0.1) is 0 Å². The number of fused-ring (bicyclic) bond motifs is 1. The minimum atomic E-state index is 0.482. The lowest BCUT2D eigenvalue weighted by Gasteiger charge is -2.06. The summed E-state index contributed by atoms with van der Waals surface area (Å²) in [6, 6.07) is 13.2. The molecule has 0 fully saturated rings. The molecule has 88 valence electrons. The number of benzene rings is 1. The molecule has 0 amide bonds. The maximum atomic E-state index is 5.98. The summed E-state index contributed by atoms with van der Waals surface area (Å²) in [7, 11) is 0. The second kappa shape index (κ2) is 4.27. The molecule has 3 nitrogen and oxygen atoms in total. The van der Waals surface area contributed by atoms with Gasteiger partial charge in [-0.15, -0.1) is 0 Å². The van der Waals surface area contributed by atoms with E-state index in [1.54, 1.807) is 6.20 Å². The van der Waals surface area contributed by atoms with Gasteiger partial charge in [0.15, 0.2) is 0 Å². The van der Waals surface area contributed by atoms with E-state index in [0.29, 0.717) is 10.8 Å². The molecule has 1 aromatic carbocycles. The fourth-order valence-electron chi connectivity index (χ4n) is 1.90. The van der Waals surface area contributed by atoms with Gasteiger partial charge in [0.1, 0.15) is 5.82 Å². The van der Waals surface area contributed by atoms with Crippen molar-refractivity contribution in [1.29, 1.82) is 0 Å². The molecule has 0 aliphatic rings. The highest BCUT2D eigenvalue weighted by Gasteiger charge is 2.06. The summed E-state index contributed by atoms with van der Waals surface area (Å²) in [5.74, 6) is 0.482. The Bertz CT molecular complexity index is 725. The molecule has 0 aliphatic heterocycles. The highest BCUT2D eigenvalue weighted by atomic mass is 35.5. The molecule has 0 saturated carbocycles. The van der Waals surface area contributed by atoms with Gasteiger partial charge in [0, 0.05) is 22.2 Å². The van der Waals surface area contributed by atoms with Gasteiger partial charge in [0.25, 0.3) is 0 Å². The van der Waals surface area contributed by atoms with Crippen molar-refractivity contribution in [2.75, 3.05) is 5.73 Å². The molecule has 0 bridgehead atoms. The van der Waals surface area contributed by atoms with E-state index >= 15 is 0 Å². The predicted molar refractivity (Wildman–Crippen MR) is 74.4 cm³/mol. The summed E-state index contributed by atoms with van der Waals surface area (Å²) >= 11 is 5.98. The maximum absolute atomic E-state index is 5.98. The predicted octanol–water partition coefficient (Wildman–Crippen LogP) is 3.53. The van der Waals surface area contributed by atoms with Crippen LogP contribution in [-0.4, -0.2) is 9.97 Å². The van der Waals surface area contributed by atoms with Crippen LogP contribution in [-0.2, 0) is 0 Å². The number of hydrogen-bond acceptors (Lipinski definition) is 3. The summed E-state index contributed by atoms with van der Waals surface area (Å²) in [5, 5.41) is 1.54. The van der Waals surface area contributed by atoms with E-state index < -0.39 is 0 Å². The summed E-state index contributed by atoms with van der Waals surface area (Å²) in [5.41, 5.74) is 8.49. The van der Waals surface area contributed by atoms with E-state index in [9.17, 15) is 0 Å². The molecule has 2 aromatic heterocycles. The summed E-state index contributed by atoms with van der Waals surface area (Å²) in [4.78, 5) is 8.69. The molecule has 0 atom stereocenters. The lowest BCUT2D eigenvalue weighted by atomic mass is 10.1. The largest absolute Gasteiger partial charge is 0.383 e. The standard InChI is InChI=1S/C14H10ClN3/c15-10-4-1-3-9(7-10)12-8-13-11(14(16)18-12)5-2-6-17-13/h1-8H,(H2,16,18). The molecule has 18 heavy (non-hydrogen) atoms. The zero-order chi connectivity index (χ0) is 12.5. The average Bonchev–Trinajstić information content (AvgIpc) is 2.39. The van der Waals surface area contributed by atoms with Gasteiger partial charge in [0.05, 0.1) is 11.2 Å². The van der Waals surface area contributed by atoms with Gasteiger partial charge in [-0.05, 0) is 30.3 Å². The van der Waals surface area contributed by atoms with Crippen molar-refractivity contribution in [2.24, 2.45) is 0 Å². The molecule has 2 N–H and O–H groups in total. The Labute approximate surface area is 109 Å². The Morgan fingerprint density at radius 1 is 1.06 bits per heavy atom. The number of aromatic nitrogens is 2. The van der Waals surface area contributed by atoms with Crippen LogP contribution in [0.25, 0.3) is 22.2 Å². The van der Waals surface area contributed by atoms with Crippen LogP contribution < -0.4 is 5.73 Å². The van der Waals surface area contributed by atoms with E-state index in [1.165, 1.54) is 0 Å². The summed E-state index contributed by atoms with van der Waals surface area (Å²) in [6.45, 7) is 0. The van der Waals surface area contributed by atoms with Crippen molar-refractivity contribution in [3.05, 3.63) is 53.7 Å². The molecule has 4 heteroatoms. The molecular weight excluding hydrogens is 246 g/mol. The van der Waals surface area contributed by atoms with Gasteiger partial charge in [-0.3, -0.25) is 4.98 Å². The molecule has 3 rings (SSSR count). The Balaban J connectivity index is 2.24. The number of nitrogens with zero attached hydrogens (tertiary/aromatic N) is 2. The number of pyridine rings is 2. The van der Waals surface area contributed by atoms with Crippen molar-refractivity contribution in [3.63, 3.8) is 0 Å². The number of anilines is 1. The topological polar surface area (TPSA) is 51.8 Å². The molecule has 0 radical (unpaired) electrons. The van der Waals surface area contributed by atoms with Crippen LogP contribution in [0.15, 0.2) is 48.7 Å². The molecule has 0 aliphatic carbocycles. The first kappa shape index (κ1) is 11.0. The van der Waals surface area contributed by atoms with E-state index in [4.69, 9.17) is 17.3 Å². The van der Waals surface area contributed by atoms with Gasteiger partial charge in [-0.2, -0.15) is 0 Å². The highest BCUT2D eigenvalue weighted by Crippen LogP contribution is 2.26. The van der Waals surface area contributed by atoms with Crippen molar-refractivity contribution in [1.82, 2.24) is 9.97 Å². The van der Waals surface area contributed by atoms with Crippen LogP contribution in [0.2, 0.25) is 5.02 Å². The maximum Gasteiger partial charge on any atom is 0.133 e. The van der Waals surface area contributed by atoms with E-state index in [0.717, 1.165) is 22.2 Å². The molecule has 0 spiro atoms. The van der Waals surface area contributed by atoms with Crippen molar-refractivity contribution in [2.45, 2.75) is 0 Å². The first-order valence-corrected chi connectivity index (χ1v) is 5.89. The number of halogens is 1. The quantitative estimate of drug-likeness (QED) is 0.724. The van der Waals surface area contributed by atoms with Crippen LogP contribution in [0.1, 0.15) is 0 Å². The monoisotopic (exact) mass is 255 g/mol. The first-order chi connectivity index (χ1) is 8.74. The Hall–Kier alpha value is -2.13. The third-order valence-electron chi connectivity index (χ3n) is 2.75. The van der Waals surface area contributed by atoms with Gasteiger partial charge >= 0.3 is 0 Å². The van der Waals surface area contributed by atoms with Crippen LogP contribution in [0.4, 0.5) is 5.82 Å². The molecule has 0 saturated heterocycles. The molecular formula is C14H10ClN3. The second-order valence-electron chi connectivity index (χ2n) is 3.97. The zero-order valence-corrected chi connectivity index (χ0v) is 10.2. The zero-order valence-electron chi connectivity index (χ0n) is 9.47. The van der Waals surface area contributed by atoms with Crippen molar-refractivity contribution in [3.8, 4) is 11.3 Å². The van der Waals surface area contributed by atoms with Gasteiger partial charge in [-0.1, -0.05) is 23.7 Å². The Kier molecular flexibility index (Phi) is 2.61. The van der Waals surface area contributed by atoms with Crippen LogP contribution >= 0.6 is 11.6 Å². The fourth-order valence-corrected chi connectivity index (χ4v) is 2.09. The fraction of sp³-hybridized carbons (Fsp3) is 0. The molecule has 3 aromatic rings. The lowest BCUT2D eigenvalue weighted by molar-refractivity contribution is 1.33. The third kappa shape index (κ3) is 1.89.